The van der Waals surface area contributed by atoms with Crippen molar-refractivity contribution in [3.05, 3.63) is 28.0 Å². The standard InChI is InChI=1S/C13H14BrClN4O2/c1-7(2)21-13-18-11(15)17-12(19-13)16-10-6-8(20-3)4-5-9(10)14/h4-7H,1-3H3,(H,16,17,18,19). The van der Waals surface area contributed by atoms with Crippen LogP contribution >= 0.6 is 27.5 Å². The number of hydrogen-bond donors (Lipinski definition) is 1. The van der Waals surface area contributed by atoms with Crippen LogP contribution in [0.2, 0.25) is 5.28 Å². The number of benzene rings is 1. The monoisotopic (exact) mass is 372 g/mol. The molecule has 2 rings (SSSR count). The van der Waals surface area contributed by atoms with Crippen molar-refractivity contribution in [3.63, 3.8) is 0 Å². The van der Waals surface area contributed by atoms with Crippen LogP contribution in [0.3, 0.4) is 0 Å². The largest absolute Gasteiger partial charge is 0.497 e. The van der Waals surface area contributed by atoms with Gasteiger partial charge in [-0.15, -0.1) is 0 Å². The third-order valence-corrected chi connectivity index (χ3v) is 3.21. The Morgan fingerprint density at radius 3 is 2.67 bits per heavy atom. The van der Waals surface area contributed by atoms with Gasteiger partial charge in [-0.1, -0.05) is 0 Å². The lowest BCUT2D eigenvalue weighted by Gasteiger charge is -2.11. The average molecular weight is 374 g/mol. The van der Waals surface area contributed by atoms with Gasteiger partial charge in [-0.25, -0.2) is 0 Å². The van der Waals surface area contributed by atoms with Crippen molar-refractivity contribution in [2.75, 3.05) is 12.4 Å². The van der Waals surface area contributed by atoms with Crippen LogP contribution < -0.4 is 14.8 Å². The molecule has 112 valence electrons. The van der Waals surface area contributed by atoms with Crippen LogP contribution in [0.15, 0.2) is 22.7 Å². The van der Waals surface area contributed by atoms with Crippen molar-refractivity contribution >= 4 is 39.2 Å². The first-order valence-corrected chi connectivity index (χ1v) is 7.34. The molecule has 0 saturated carbocycles. The van der Waals surface area contributed by atoms with Gasteiger partial charge in [0.05, 0.1) is 18.9 Å². The van der Waals surface area contributed by atoms with E-state index in [1.807, 2.05) is 32.0 Å². The maximum atomic E-state index is 5.88. The molecule has 0 aliphatic carbocycles. The highest BCUT2D eigenvalue weighted by Gasteiger charge is 2.10. The molecule has 1 heterocycles. The number of halogens is 2. The lowest BCUT2D eigenvalue weighted by molar-refractivity contribution is 0.222. The fourth-order valence-electron chi connectivity index (χ4n) is 1.50. The van der Waals surface area contributed by atoms with Crippen molar-refractivity contribution in [1.29, 1.82) is 0 Å². The molecule has 2 aromatic rings. The number of nitrogens with one attached hydrogen (secondary N) is 1. The Bertz CT molecular complexity index is 640. The van der Waals surface area contributed by atoms with E-state index in [-0.39, 0.29) is 17.4 Å². The molecule has 0 atom stereocenters. The van der Waals surface area contributed by atoms with Crippen LogP contribution in [0.5, 0.6) is 11.8 Å². The lowest BCUT2D eigenvalue weighted by atomic mass is 10.3. The maximum Gasteiger partial charge on any atom is 0.322 e. The zero-order valence-corrected chi connectivity index (χ0v) is 14.1. The highest BCUT2D eigenvalue weighted by atomic mass is 79.9. The summed E-state index contributed by atoms with van der Waals surface area (Å²) in [5.74, 6) is 0.999. The highest BCUT2D eigenvalue weighted by molar-refractivity contribution is 9.10. The van der Waals surface area contributed by atoms with E-state index < -0.39 is 0 Å². The quantitative estimate of drug-likeness (QED) is 0.859. The molecule has 0 amide bonds. The molecule has 6 nitrogen and oxygen atoms in total. The van der Waals surface area contributed by atoms with Crippen molar-refractivity contribution in [1.82, 2.24) is 15.0 Å². The van der Waals surface area contributed by atoms with Gasteiger partial charge in [0.15, 0.2) is 0 Å². The second-order valence-electron chi connectivity index (χ2n) is 4.35. The minimum absolute atomic E-state index is 0.0557. The molecule has 21 heavy (non-hydrogen) atoms. The van der Waals surface area contributed by atoms with E-state index in [4.69, 9.17) is 21.1 Å². The molecule has 1 aromatic heterocycles. The van der Waals surface area contributed by atoms with E-state index in [1.54, 1.807) is 7.11 Å². The summed E-state index contributed by atoms with van der Waals surface area (Å²) in [5, 5.41) is 3.11. The highest BCUT2D eigenvalue weighted by Crippen LogP contribution is 2.29. The van der Waals surface area contributed by atoms with E-state index in [0.717, 1.165) is 10.2 Å². The minimum Gasteiger partial charge on any atom is -0.497 e. The molecule has 8 heteroatoms. The number of methoxy groups -OCH3 is 1. The number of hydrogen-bond acceptors (Lipinski definition) is 6. The second-order valence-corrected chi connectivity index (χ2v) is 5.54. The number of nitrogens with zero attached hydrogens (tertiary/aromatic N) is 3. The molecule has 1 aromatic carbocycles. The first-order chi connectivity index (χ1) is 9.97. The Hall–Kier alpha value is -1.60. The number of anilines is 2. The molecule has 0 saturated heterocycles. The summed E-state index contributed by atoms with van der Waals surface area (Å²) in [6.45, 7) is 3.76. The topological polar surface area (TPSA) is 69.2 Å². The summed E-state index contributed by atoms with van der Waals surface area (Å²) in [7, 11) is 1.60. The summed E-state index contributed by atoms with van der Waals surface area (Å²) < 4.78 is 11.4. The average Bonchev–Trinajstić information content (AvgIpc) is 2.39. The van der Waals surface area contributed by atoms with Gasteiger partial charge in [-0.3, -0.25) is 0 Å². The van der Waals surface area contributed by atoms with Gasteiger partial charge in [0, 0.05) is 10.5 Å². The van der Waals surface area contributed by atoms with Crippen LogP contribution in [-0.4, -0.2) is 28.2 Å². The van der Waals surface area contributed by atoms with Crippen molar-refractivity contribution in [2.45, 2.75) is 20.0 Å². The predicted molar refractivity (Wildman–Crippen MR) is 84.6 cm³/mol. The Balaban J connectivity index is 2.28. The maximum absolute atomic E-state index is 5.88. The van der Waals surface area contributed by atoms with Gasteiger partial charge in [0.2, 0.25) is 11.2 Å². The van der Waals surface area contributed by atoms with E-state index in [0.29, 0.717) is 11.7 Å². The summed E-state index contributed by atoms with van der Waals surface area (Å²) in [6, 6.07) is 5.68. The Kier molecular flexibility index (Phi) is 5.19. The minimum atomic E-state index is -0.0557. The lowest BCUT2D eigenvalue weighted by Crippen LogP contribution is -2.10. The third kappa shape index (κ3) is 4.44. The summed E-state index contributed by atoms with van der Waals surface area (Å²) in [5.41, 5.74) is 0.743. The Labute approximate surface area is 136 Å². The molecule has 0 spiro atoms. The molecule has 0 fully saturated rings. The third-order valence-electron chi connectivity index (χ3n) is 2.35. The van der Waals surface area contributed by atoms with Gasteiger partial charge in [-0.05, 0) is 53.5 Å². The predicted octanol–water partition coefficient (Wildman–Crippen LogP) is 3.83. The Morgan fingerprint density at radius 2 is 2.00 bits per heavy atom. The fraction of sp³-hybridized carbons (Fsp3) is 0.308. The zero-order chi connectivity index (χ0) is 15.4. The molecule has 0 aliphatic rings. The molecular weight excluding hydrogens is 360 g/mol. The smallest absolute Gasteiger partial charge is 0.322 e. The van der Waals surface area contributed by atoms with Crippen molar-refractivity contribution < 1.29 is 9.47 Å². The number of ether oxygens (including phenoxy) is 2. The van der Waals surface area contributed by atoms with Crippen molar-refractivity contribution in [2.24, 2.45) is 0 Å². The van der Waals surface area contributed by atoms with Gasteiger partial charge in [0.25, 0.3) is 0 Å². The first kappa shape index (κ1) is 15.8. The first-order valence-electron chi connectivity index (χ1n) is 6.16. The summed E-state index contributed by atoms with van der Waals surface area (Å²) in [4.78, 5) is 12.1. The van der Waals surface area contributed by atoms with E-state index in [9.17, 15) is 0 Å². The van der Waals surface area contributed by atoms with E-state index in [2.05, 4.69) is 36.2 Å². The van der Waals surface area contributed by atoms with Crippen molar-refractivity contribution in [3.8, 4) is 11.8 Å². The molecule has 0 bridgehead atoms. The van der Waals surface area contributed by atoms with E-state index >= 15 is 0 Å². The molecule has 0 aliphatic heterocycles. The molecule has 1 N–H and O–H groups in total. The molecule has 0 radical (unpaired) electrons. The van der Waals surface area contributed by atoms with Crippen LogP contribution in [0.25, 0.3) is 0 Å². The van der Waals surface area contributed by atoms with Gasteiger partial charge in [0.1, 0.15) is 5.75 Å². The van der Waals surface area contributed by atoms with Crippen LogP contribution in [0, 0.1) is 0 Å². The van der Waals surface area contributed by atoms with E-state index in [1.165, 1.54) is 0 Å². The number of aromatic nitrogens is 3. The van der Waals surface area contributed by atoms with Gasteiger partial charge < -0.3 is 14.8 Å². The normalized spacial score (nSPS) is 10.6. The SMILES string of the molecule is COc1ccc(Br)c(Nc2nc(Cl)nc(OC(C)C)n2)c1. The van der Waals surface area contributed by atoms with Gasteiger partial charge in [-0.2, -0.15) is 15.0 Å². The molecular formula is C13H14BrClN4O2. The second kappa shape index (κ2) is 6.91. The summed E-state index contributed by atoms with van der Waals surface area (Å²) >= 11 is 9.32. The van der Waals surface area contributed by atoms with Crippen LogP contribution in [0.4, 0.5) is 11.6 Å². The van der Waals surface area contributed by atoms with Crippen LogP contribution in [-0.2, 0) is 0 Å². The number of rotatable bonds is 5. The Morgan fingerprint density at radius 1 is 1.24 bits per heavy atom. The zero-order valence-electron chi connectivity index (χ0n) is 11.7. The van der Waals surface area contributed by atoms with Crippen LogP contribution in [0.1, 0.15) is 13.8 Å². The summed E-state index contributed by atoms with van der Waals surface area (Å²) in [6.07, 6.45) is -0.0557. The van der Waals surface area contributed by atoms with Gasteiger partial charge >= 0.3 is 6.01 Å². The molecule has 0 unspecified atom stereocenters. The fourth-order valence-corrected chi connectivity index (χ4v) is 2.00.